The minimum atomic E-state index is -4.96. The number of carbonyl (C=O) groups excluding carboxylic acids is 1. The minimum Gasteiger partial charge on any atom is -0.467 e. The second-order valence-corrected chi connectivity index (χ2v) is 4.48. The van der Waals surface area contributed by atoms with Crippen LogP contribution in [0.15, 0.2) is 0 Å². The summed E-state index contributed by atoms with van der Waals surface area (Å²) in [5, 5.41) is 11.0. The van der Waals surface area contributed by atoms with Crippen LogP contribution in [0.25, 0.3) is 0 Å². The molecule has 0 aliphatic carbocycles. The van der Waals surface area contributed by atoms with Crippen LogP contribution in [0.3, 0.4) is 0 Å². The largest absolute Gasteiger partial charge is 0.467 e. The third kappa shape index (κ3) is 1.79. The standard InChI is InChI=1S/C10H14F3NO4/c1-17-8(15)7-9(16,10(11,12)13)6-4-2-3-5-14(6)18-7/h6-7,16H,2-5H2,1H3/t6-,7+,9+/m1/s1. The minimum absolute atomic E-state index is 0.128. The van der Waals surface area contributed by atoms with Crippen LogP contribution in [0, 0.1) is 0 Å². The number of methoxy groups -OCH3 is 1. The molecule has 8 heteroatoms. The Morgan fingerprint density at radius 2 is 2.17 bits per heavy atom. The van der Waals surface area contributed by atoms with E-state index in [2.05, 4.69) is 4.74 Å². The third-order valence-corrected chi connectivity index (χ3v) is 3.47. The van der Waals surface area contributed by atoms with Crippen LogP contribution in [0.5, 0.6) is 0 Å². The molecule has 18 heavy (non-hydrogen) atoms. The Morgan fingerprint density at radius 1 is 1.50 bits per heavy atom. The van der Waals surface area contributed by atoms with Crippen molar-refractivity contribution >= 4 is 5.97 Å². The molecule has 2 fully saturated rings. The number of hydrogen-bond acceptors (Lipinski definition) is 5. The number of alkyl halides is 3. The Morgan fingerprint density at radius 3 is 2.72 bits per heavy atom. The molecule has 0 spiro atoms. The number of esters is 1. The summed E-state index contributed by atoms with van der Waals surface area (Å²) in [6, 6.07) is -1.25. The predicted molar refractivity (Wildman–Crippen MR) is 52.2 cm³/mol. The van der Waals surface area contributed by atoms with Gasteiger partial charge in [0.25, 0.3) is 0 Å². The van der Waals surface area contributed by atoms with Crippen LogP contribution in [0.2, 0.25) is 0 Å². The SMILES string of the molecule is COC(=O)[C@@H]1ON2CCCC[C@@H]2[C@@]1(O)C(F)(F)F. The van der Waals surface area contributed by atoms with Gasteiger partial charge in [-0.05, 0) is 12.8 Å². The zero-order chi connectivity index (χ0) is 13.6. The first kappa shape index (κ1) is 13.6. The van der Waals surface area contributed by atoms with Crippen LogP contribution >= 0.6 is 0 Å². The van der Waals surface area contributed by atoms with Crippen LogP contribution in [0.1, 0.15) is 19.3 Å². The Labute approximate surface area is 101 Å². The summed E-state index contributed by atoms with van der Waals surface area (Å²) < 4.78 is 43.6. The van der Waals surface area contributed by atoms with Crippen molar-refractivity contribution in [2.45, 2.75) is 43.2 Å². The average Bonchev–Trinajstić information content (AvgIpc) is 2.63. The highest BCUT2D eigenvalue weighted by Crippen LogP contribution is 2.47. The summed E-state index contributed by atoms with van der Waals surface area (Å²) >= 11 is 0. The molecule has 2 aliphatic rings. The Balaban J connectivity index is 2.38. The Bertz CT molecular complexity index is 349. The summed E-state index contributed by atoms with van der Waals surface area (Å²) in [4.78, 5) is 16.3. The van der Waals surface area contributed by atoms with Crippen molar-refractivity contribution in [2.75, 3.05) is 13.7 Å². The van der Waals surface area contributed by atoms with E-state index in [-0.39, 0.29) is 13.0 Å². The molecule has 0 aromatic carbocycles. The first-order chi connectivity index (χ1) is 8.32. The summed E-state index contributed by atoms with van der Waals surface area (Å²) in [6.45, 7) is 0.260. The fourth-order valence-corrected chi connectivity index (χ4v) is 2.53. The Kier molecular flexibility index (Phi) is 3.28. The van der Waals surface area contributed by atoms with Gasteiger partial charge in [0, 0.05) is 6.54 Å². The van der Waals surface area contributed by atoms with Gasteiger partial charge in [0.15, 0.2) is 0 Å². The first-order valence-electron chi connectivity index (χ1n) is 5.62. The number of piperidine rings is 1. The maximum absolute atomic E-state index is 13.1. The van der Waals surface area contributed by atoms with E-state index in [1.165, 1.54) is 0 Å². The third-order valence-electron chi connectivity index (χ3n) is 3.47. The van der Waals surface area contributed by atoms with Crippen molar-refractivity contribution in [1.82, 2.24) is 5.06 Å². The van der Waals surface area contributed by atoms with Gasteiger partial charge in [-0.3, -0.25) is 4.84 Å². The second-order valence-electron chi connectivity index (χ2n) is 4.48. The highest BCUT2D eigenvalue weighted by Gasteiger charge is 2.72. The molecule has 0 radical (unpaired) electrons. The van der Waals surface area contributed by atoms with E-state index in [4.69, 9.17) is 4.84 Å². The van der Waals surface area contributed by atoms with E-state index in [9.17, 15) is 23.1 Å². The van der Waals surface area contributed by atoms with E-state index >= 15 is 0 Å². The molecule has 0 saturated carbocycles. The maximum Gasteiger partial charge on any atom is 0.422 e. The van der Waals surface area contributed by atoms with Gasteiger partial charge in [-0.1, -0.05) is 6.42 Å². The van der Waals surface area contributed by atoms with Gasteiger partial charge in [-0.2, -0.15) is 18.2 Å². The molecule has 2 aliphatic heterocycles. The number of rotatable bonds is 1. The van der Waals surface area contributed by atoms with Crippen LogP contribution in [-0.2, 0) is 14.4 Å². The lowest BCUT2D eigenvalue weighted by molar-refractivity contribution is -0.277. The summed E-state index contributed by atoms with van der Waals surface area (Å²) in [6.07, 6.45) is -5.66. The number of aliphatic hydroxyl groups is 1. The number of hydrogen-bond donors (Lipinski definition) is 1. The fraction of sp³-hybridized carbons (Fsp3) is 0.900. The fourth-order valence-electron chi connectivity index (χ4n) is 2.53. The smallest absolute Gasteiger partial charge is 0.422 e. The lowest BCUT2D eigenvalue weighted by Gasteiger charge is -2.36. The van der Waals surface area contributed by atoms with Gasteiger partial charge in [-0.15, -0.1) is 0 Å². The van der Waals surface area contributed by atoms with Gasteiger partial charge in [0.1, 0.15) is 0 Å². The second kappa shape index (κ2) is 4.36. The molecule has 104 valence electrons. The highest BCUT2D eigenvalue weighted by atomic mass is 19.4. The molecule has 2 saturated heterocycles. The zero-order valence-electron chi connectivity index (χ0n) is 9.74. The van der Waals surface area contributed by atoms with E-state index in [0.717, 1.165) is 12.2 Å². The number of ether oxygens (including phenoxy) is 1. The zero-order valence-corrected chi connectivity index (χ0v) is 9.74. The van der Waals surface area contributed by atoms with Crippen LogP contribution < -0.4 is 0 Å². The van der Waals surface area contributed by atoms with Crippen molar-refractivity contribution < 1.29 is 32.6 Å². The molecular formula is C10H14F3NO4. The van der Waals surface area contributed by atoms with Gasteiger partial charge < -0.3 is 9.84 Å². The van der Waals surface area contributed by atoms with Crippen molar-refractivity contribution in [2.24, 2.45) is 0 Å². The monoisotopic (exact) mass is 269 g/mol. The predicted octanol–water partition coefficient (Wildman–Crippen LogP) is 0.621. The van der Waals surface area contributed by atoms with Gasteiger partial charge >= 0.3 is 12.1 Å². The van der Waals surface area contributed by atoms with Crippen LogP contribution in [-0.4, -0.2) is 53.7 Å². The van der Waals surface area contributed by atoms with Crippen molar-refractivity contribution in [1.29, 1.82) is 0 Å². The molecule has 0 aromatic heterocycles. The number of hydroxylamine groups is 2. The first-order valence-corrected chi connectivity index (χ1v) is 5.62. The average molecular weight is 269 g/mol. The Hall–Kier alpha value is -0.860. The van der Waals surface area contributed by atoms with E-state index < -0.39 is 29.9 Å². The van der Waals surface area contributed by atoms with Crippen molar-refractivity contribution in [3.05, 3.63) is 0 Å². The summed E-state index contributed by atoms with van der Waals surface area (Å²) in [5.74, 6) is -1.22. The van der Waals surface area contributed by atoms with Gasteiger partial charge in [0.05, 0.1) is 13.2 Å². The lowest BCUT2D eigenvalue weighted by atomic mass is 9.84. The van der Waals surface area contributed by atoms with E-state index in [1.807, 2.05) is 0 Å². The normalized spacial score (nSPS) is 37.4. The van der Waals surface area contributed by atoms with Gasteiger partial charge in [0.2, 0.25) is 11.7 Å². The van der Waals surface area contributed by atoms with E-state index in [1.54, 1.807) is 0 Å². The molecule has 3 atom stereocenters. The molecule has 2 rings (SSSR count). The lowest BCUT2D eigenvalue weighted by Crippen LogP contribution is -2.62. The number of halogens is 3. The summed E-state index contributed by atoms with van der Waals surface area (Å²) in [7, 11) is 0.958. The number of carbonyl (C=O) groups is 1. The van der Waals surface area contributed by atoms with Gasteiger partial charge in [-0.25, -0.2) is 4.79 Å². The molecular weight excluding hydrogens is 255 g/mol. The van der Waals surface area contributed by atoms with Crippen LogP contribution in [0.4, 0.5) is 13.2 Å². The van der Waals surface area contributed by atoms with Crippen molar-refractivity contribution in [3.8, 4) is 0 Å². The number of fused-ring (bicyclic) bond motifs is 1. The molecule has 0 bridgehead atoms. The highest BCUT2D eigenvalue weighted by molar-refractivity contribution is 5.77. The van der Waals surface area contributed by atoms with Crippen molar-refractivity contribution in [3.63, 3.8) is 0 Å². The number of nitrogens with zero attached hydrogens (tertiary/aromatic N) is 1. The van der Waals surface area contributed by atoms with E-state index in [0.29, 0.717) is 12.8 Å². The maximum atomic E-state index is 13.1. The molecule has 0 aromatic rings. The quantitative estimate of drug-likeness (QED) is 0.707. The molecule has 0 unspecified atom stereocenters. The molecule has 1 N–H and O–H groups in total. The molecule has 5 nitrogen and oxygen atoms in total. The molecule has 0 amide bonds. The molecule has 2 heterocycles. The topological polar surface area (TPSA) is 59.0 Å². The summed E-state index contributed by atoms with van der Waals surface area (Å²) in [5.41, 5.74) is -3.21.